The predicted octanol–water partition coefficient (Wildman–Crippen LogP) is 1.94. The van der Waals surface area contributed by atoms with Crippen molar-refractivity contribution in [2.45, 2.75) is 31.7 Å². The van der Waals surface area contributed by atoms with E-state index in [0.29, 0.717) is 12.0 Å². The van der Waals surface area contributed by atoms with Crippen LogP contribution in [-0.2, 0) is 11.2 Å². The Bertz CT molecular complexity index is 283. The molecular formula is C12H20N2OS. The zero-order chi connectivity index (χ0) is 11.2. The molecule has 3 nitrogen and oxygen atoms in total. The Balaban J connectivity index is 1.72. The second-order valence-corrected chi connectivity index (χ2v) is 5.48. The van der Waals surface area contributed by atoms with Gasteiger partial charge in [-0.1, -0.05) is 6.07 Å². The normalized spacial score (nSPS) is 22.4. The highest BCUT2D eigenvalue weighted by Gasteiger charge is 2.19. The number of aryl methyl sites for hydroxylation is 1. The molecule has 1 aliphatic rings. The quantitative estimate of drug-likeness (QED) is 0.590. The summed E-state index contributed by atoms with van der Waals surface area (Å²) in [6.45, 7) is 1.84. The maximum absolute atomic E-state index is 5.60. The number of hydrogen-bond acceptors (Lipinski definition) is 4. The highest BCUT2D eigenvalue weighted by atomic mass is 32.1. The van der Waals surface area contributed by atoms with Gasteiger partial charge in [-0.2, -0.15) is 0 Å². The van der Waals surface area contributed by atoms with Crippen LogP contribution in [0.4, 0.5) is 0 Å². The second kappa shape index (κ2) is 6.35. The lowest BCUT2D eigenvalue weighted by Gasteiger charge is -2.18. The van der Waals surface area contributed by atoms with Crippen LogP contribution in [0.3, 0.4) is 0 Å². The van der Waals surface area contributed by atoms with Gasteiger partial charge in [0.1, 0.15) is 0 Å². The molecule has 1 aromatic heterocycles. The van der Waals surface area contributed by atoms with Crippen molar-refractivity contribution in [3.05, 3.63) is 22.4 Å². The third-order valence-electron chi connectivity index (χ3n) is 3.20. The summed E-state index contributed by atoms with van der Waals surface area (Å²) >= 11 is 1.82. The molecule has 90 valence electrons. The van der Waals surface area contributed by atoms with Crippen molar-refractivity contribution >= 4 is 11.3 Å². The van der Waals surface area contributed by atoms with Gasteiger partial charge < -0.3 is 4.74 Å². The molecule has 0 saturated carbocycles. The van der Waals surface area contributed by atoms with E-state index in [1.54, 1.807) is 0 Å². The summed E-state index contributed by atoms with van der Waals surface area (Å²) in [7, 11) is 0. The zero-order valence-corrected chi connectivity index (χ0v) is 10.3. The van der Waals surface area contributed by atoms with E-state index in [9.17, 15) is 0 Å². The van der Waals surface area contributed by atoms with E-state index in [4.69, 9.17) is 10.6 Å². The number of thiophene rings is 1. The predicted molar refractivity (Wildman–Crippen MR) is 67.3 cm³/mol. The number of hydrogen-bond donors (Lipinski definition) is 2. The molecular weight excluding hydrogens is 220 g/mol. The largest absolute Gasteiger partial charge is 0.381 e. The molecule has 0 aliphatic carbocycles. The van der Waals surface area contributed by atoms with Gasteiger partial charge in [0, 0.05) is 24.1 Å². The highest BCUT2D eigenvalue weighted by molar-refractivity contribution is 7.09. The first-order chi connectivity index (χ1) is 7.88. The van der Waals surface area contributed by atoms with E-state index in [0.717, 1.165) is 32.5 Å². The summed E-state index contributed by atoms with van der Waals surface area (Å²) in [5, 5.41) is 2.13. The van der Waals surface area contributed by atoms with Gasteiger partial charge in [0.25, 0.3) is 0 Å². The molecule has 1 aliphatic heterocycles. The first-order valence-corrected chi connectivity index (χ1v) is 6.82. The van der Waals surface area contributed by atoms with Gasteiger partial charge in [0.05, 0.1) is 0 Å². The first-order valence-electron chi connectivity index (χ1n) is 5.94. The maximum Gasteiger partial charge on any atom is 0.0495 e. The minimum absolute atomic E-state index is 0.425. The zero-order valence-electron chi connectivity index (χ0n) is 9.52. The average molecular weight is 240 g/mol. The average Bonchev–Trinajstić information content (AvgIpc) is 2.97. The fraction of sp³-hybridized carbons (Fsp3) is 0.667. The molecule has 0 spiro atoms. The van der Waals surface area contributed by atoms with Crippen LogP contribution < -0.4 is 11.3 Å². The Kier molecular flexibility index (Phi) is 4.78. The smallest absolute Gasteiger partial charge is 0.0495 e. The number of rotatable bonds is 6. The lowest BCUT2D eigenvalue weighted by atomic mass is 9.96. The van der Waals surface area contributed by atoms with Crippen LogP contribution in [0, 0.1) is 5.92 Å². The number of nitrogens with two attached hydrogens (primary N) is 1. The van der Waals surface area contributed by atoms with Crippen molar-refractivity contribution in [3.8, 4) is 0 Å². The van der Waals surface area contributed by atoms with Crippen molar-refractivity contribution < 1.29 is 4.74 Å². The Labute approximate surface area is 101 Å². The molecule has 16 heavy (non-hydrogen) atoms. The Hall–Kier alpha value is -0.420. The molecule has 2 rings (SSSR count). The van der Waals surface area contributed by atoms with Gasteiger partial charge in [0.2, 0.25) is 0 Å². The lowest BCUT2D eigenvalue weighted by Crippen LogP contribution is -2.37. The highest BCUT2D eigenvalue weighted by Crippen LogP contribution is 2.20. The van der Waals surface area contributed by atoms with Gasteiger partial charge in [0.15, 0.2) is 0 Å². The summed E-state index contributed by atoms with van der Waals surface area (Å²) in [5.41, 5.74) is 2.94. The monoisotopic (exact) mass is 240 g/mol. The van der Waals surface area contributed by atoms with Crippen molar-refractivity contribution in [1.82, 2.24) is 5.43 Å². The minimum Gasteiger partial charge on any atom is -0.381 e. The molecule has 1 fully saturated rings. The molecule has 0 bridgehead atoms. The molecule has 2 atom stereocenters. The standard InChI is InChI=1S/C12H20N2OS/c13-14-11(8-10-5-6-15-9-10)3-4-12-2-1-7-16-12/h1-2,7,10-11,14H,3-6,8-9,13H2. The SMILES string of the molecule is NNC(CCc1cccs1)CC1CCOC1. The van der Waals surface area contributed by atoms with Gasteiger partial charge in [-0.3, -0.25) is 11.3 Å². The van der Waals surface area contributed by atoms with E-state index >= 15 is 0 Å². The molecule has 2 unspecified atom stereocenters. The van der Waals surface area contributed by atoms with Crippen LogP contribution in [0.5, 0.6) is 0 Å². The van der Waals surface area contributed by atoms with Crippen LogP contribution in [0.2, 0.25) is 0 Å². The van der Waals surface area contributed by atoms with Gasteiger partial charge in [-0.15, -0.1) is 11.3 Å². The van der Waals surface area contributed by atoms with E-state index in [-0.39, 0.29) is 0 Å². The van der Waals surface area contributed by atoms with Gasteiger partial charge in [-0.05, 0) is 43.0 Å². The summed E-state index contributed by atoms with van der Waals surface area (Å²) in [4.78, 5) is 1.45. The third kappa shape index (κ3) is 3.56. The summed E-state index contributed by atoms with van der Waals surface area (Å²) in [6, 6.07) is 4.72. The fourth-order valence-corrected chi connectivity index (χ4v) is 2.94. The molecule has 4 heteroatoms. The van der Waals surface area contributed by atoms with Crippen LogP contribution in [0.1, 0.15) is 24.1 Å². The van der Waals surface area contributed by atoms with Gasteiger partial charge in [-0.25, -0.2) is 0 Å². The lowest BCUT2D eigenvalue weighted by molar-refractivity contribution is 0.181. The third-order valence-corrected chi connectivity index (χ3v) is 4.13. The first kappa shape index (κ1) is 12.0. The summed E-state index contributed by atoms with van der Waals surface area (Å²) < 4.78 is 5.39. The van der Waals surface area contributed by atoms with Crippen LogP contribution >= 0.6 is 11.3 Å². The minimum atomic E-state index is 0.425. The van der Waals surface area contributed by atoms with Crippen molar-refractivity contribution in [2.75, 3.05) is 13.2 Å². The maximum atomic E-state index is 5.60. The molecule has 1 aromatic rings. The molecule has 0 amide bonds. The number of hydrazine groups is 1. The van der Waals surface area contributed by atoms with E-state index < -0.39 is 0 Å². The number of ether oxygens (including phenoxy) is 1. The van der Waals surface area contributed by atoms with Crippen molar-refractivity contribution in [2.24, 2.45) is 11.8 Å². The Morgan fingerprint density at radius 2 is 2.56 bits per heavy atom. The summed E-state index contributed by atoms with van der Waals surface area (Å²) in [6.07, 6.45) is 4.58. The van der Waals surface area contributed by atoms with Crippen LogP contribution in [-0.4, -0.2) is 19.3 Å². The molecule has 2 heterocycles. The Morgan fingerprint density at radius 3 is 3.19 bits per heavy atom. The molecule has 0 aromatic carbocycles. The van der Waals surface area contributed by atoms with E-state index in [1.807, 2.05) is 11.3 Å². The number of nitrogens with one attached hydrogen (secondary N) is 1. The summed E-state index contributed by atoms with van der Waals surface area (Å²) in [5.74, 6) is 6.30. The van der Waals surface area contributed by atoms with Crippen molar-refractivity contribution in [1.29, 1.82) is 0 Å². The van der Waals surface area contributed by atoms with E-state index in [2.05, 4.69) is 22.9 Å². The molecule has 0 radical (unpaired) electrons. The molecule has 3 N–H and O–H groups in total. The second-order valence-electron chi connectivity index (χ2n) is 4.45. The molecule has 1 saturated heterocycles. The van der Waals surface area contributed by atoms with Gasteiger partial charge >= 0.3 is 0 Å². The van der Waals surface area contributed by atoms with Crippen molar-refractivity contribution in [3.63, 3.8) is 0 Å². The van der Waals surface area contributed by atoms with Crippen LogP contribution in [0.15, 0.2) is 17.5 Å². The van der Waals surface area contributed by atoms with Crippen LogP contribution in [0.25, 0.3) is 0 Å². The van der Waals surface area contributed by atoms with E-state index in [1.165, 1.54) is 11.3 Å². The topological polar surface area (TPSA) is 47.3 Å². The fourth-order valence-electron chi connectivity index (χ4n) is 2.21. The Morgan fingerprint density at radius 1 is 1.62 bits per heavy atom.